The molecule has 0 spiro atoms. The molecule has 0 amide bonds. The Kier molecular flexibility index (Phi) is 4.61. The van der Waals surface area contributed by atoms with Crippen LogP contribution in [0.15, 0.2) is 12.1 Å². The van der Waals surface area contributed by atoms with Crippen molar-refractivity contribution in [3.05, 3.63) is 35.1 Å². The molecule has 1 aromatic rings. The number of hydrogen-bond acceptors (Lipinski definition) is 4. The molecule has 1 heterocycles. The molecule has 0 radical (unpaired) electrons. The van der Waals surface area contributed by atoms with E-state index >= 15 is 0 Å². The lowest BCUT2D eigenvalue weighted by molar-refractivity contribution is -0.148. The van der Waals surface area contributed by atoms with Crippen LogP contribution in [-0.2, 0) is 19.0 Å². The van der Waals surface area contributed by atoms with Gasteiger partial charge in [0, 0.05) is 17.7 Å². The molecule has 0 bridgehead atoms. The predicted molar refractivity (Wildman–Crippen MR) is 61.4 cm³/mol. The molecule has 1 saturated heterocycles. The van der Waals surface area contributed by atoms with Crippen molar-refractivity contribution in [3.8, 4) is 0 Å². The summed E-state index contributed by atoms with van der Waals surface area (Å²) < 4.78 is 55.5. The molecule has 0 N–H and O–H groups in total. The van der Waals surface area contributed by atoms with Crippen LogP contribution in [-0.4, -0.2) is 32.1 Å². The number of rotatable bonds is 4. The van der Waals surface area contributed by atoms with Crippen LogP contribution in [0.5, 0.6) is 0 Å². The molecule has 2 rings (SSSR count). The van der Waals surface area contributed by atoms with Gasteiger partial charge < -0.3 is 14.2 Å². The fourth-order valence-corrected chi connectivity index (χ4v) is 2.08. The summed E-state index contributed by atoms with van der Waals surface area (Å²) in [6, 6.07) is 1.03. The molecule has 20 heavy (non-hydrogen) atoms. The van der Waals surface area contributed by atoms with Crippen LogP contribution < -0.4 is 0 Å². The first-order valence-electron chi connectivity index (χ1n) is 6.05. The summed E-state index contributed by atoms with van der Waals surface area (Å²) in [7, 11) is 0. The van der Waals surface area contributed by atoms with E-state index < -0.39 is 41.0 Å². The second-order valence-corrected chi connectivity index (χ2v) is 4.21. The number of hydrogen-bond donors (Lipinski definition) is 0. The summed E-state index contributed by atoms with van der Waals surface area (Å²) in [4.78, 5) is 11.9. The molecule has 2 atom stereocenters. The summed E-state index contributed by atoms with van der Waals surface area (Å²) >= 11 is 0. The van der Waals surface area contributed by atoms with Crippen molar-refractivity contribution in [2.75, 3.05) is 20.0 Å². The van der Waals surface area contributed by atoms with Gasteiger partial charge in [0.1, 0.15) is 36.3 Å². The van der Waals surface area contributed by atoms with E-state index in [-0.39, 0.29) is 20.0 Å². The van der Waals surface area contributed by atoms with Crippen molar-refractivity contribution in [1.82, 2.24) is 0 Å². The first-order valence-corrected chi connectivity index (χ1v) is 6.05. The number of carbonyl (C=O) groups is 1. The van der Waals surface area contributed by atoms with Gasteiger partial charge in [0.15, 0.2) is 0 Å². The van der Waals surface area contributed by atoms with Gasteiger partial charge in [-0.3, -0.25) is 4.79 Å². The van der Waals surface area contributed by atoms with Crippen molar-refractivity contribution in [1.29, 1.82) is 0 Å². The smallest absolute Gasteiger partial charge is 0.316 e. The largest absolute Gasteiger partial charge is 0.465 e. The van der Waals surface area contributed by atoms with Crippen LogP contribution in [0.3, 0.4) is 0 Å². The number of carbonyl (C=O) groups excluding carboxylic acids is 1. The van der Waals surface area contributed by atoms with Crippen molar-refractivity contribution in [2.45, 2.75) is 18.9 Å². The third kappa shape index (κ3) is 2.94. The van der Waals surface area contributed by atoms with Crippen LogP contribution in [0.1, 0.15) is 18.4 Å². The summed E-state index contributed by atoms with van der Waals surface area (Å²) in [5, 5.41) is 0. The zero-order valence-electron chi connectivity index (χ0n) is 10.7. The molecule has 4 nitrogen and oxygen atoms in total. The Balaban J connectivity index is 2.42. The number of esters is 1. The molecule has 0 saturated carbocycles. The van der Waals surface area contributed by atoms with Gasteiger partial charge in [-0.05, 0) is 6.92 Å². The van der Waals surface area contributed by atoms with Crippen LogP contribution in [0.4, 0.5) is 13.2 Å². The van der Waals surface area contributed by atoms with Gasteiger partial charge in [0.25, 0.3) is 0 Å². The molecular weight excluding hydrogens is 277 g/mol. The highest BCUT2D eigenvalue weighted by Gasteiger charge is 2.38. The van der Waals surface area contributed by atoms with Gasteiger partial charge in [0.05, 0.1) is 13.2 Å². The van der Waals surface area contributed by atoms with Gasteiger partial charge in [-0.1, -0.05) is 0 Å². The second kappa shape index (κ2) is 6.23. The zero-order chi connectivity index (χ0) is 14.7. The molecular formula is C13H13F3O4. The van der Waals surface area contributed by atoms with E-state index in [2.05, 4.69) is 0 Å². The predicted octanol–water partition coefficient (Wildman–Crippen LogP) is 2.12. The average Bonchev–Trinajstić information content (AvgIpc) is 2.87. The van der Waals surface area contributed by atoms with Crippen LogP contribution in [0.2, 0.25) is 0 Å². The van der Waals surface area contributed by atoms with E-state index in [4.69, 9.17) is 14.2 Å². The first-order chi connectivity index (χ1) is 9.54. The highest BCUT2D eigenvalue weighted by Crippen LogP contribution is 2.31. The fraction of sp³-hybridized carbons (Fsp3) is 0.462. The molecule has 0 aromatic heterocycles. The van der Waals surface area contributed by atoms with Gasteiger partial charge in [-0.15, -0.1) is 0 Å². The number of halogens is 3. The maximum atomic E-state index is 13.8. The summed E-state index contributed by atoms with van der Waals surface area (Å²) in [6.45, 7) is 1.54. The Morgan fingerprint density at radius 3 is 2.55 bits per heavy atom. The van der Waals surface area contributed by atoms with Gasteiger partial charge in [-0.2, -0.15) is 0 Å². The second-order valence-electron chi connectivity index (χ2n) is 4.21. The zero-order valence-corrected chi connectivity index (χ0v) is 10.7. The van der Waals surface area contributed by atoms with E-state index in [0.717, 1.165) is 0 Å². The van der Waals surface area contributed by atoms with Gasteiger partial charge in [0.2, 0.25) is 0 Å². The van der Waals surface area contributed by atoms with Crippen molar-refractivity contribution < 1.29 is 32.2 Å². The quantitative estimate of drug-likeness (QED) is 0.797. The van der Waals surface area contributed by atoms with Crippen molar-refractivity contribution >= 4 is 5.97 Å². The maximum absolute atomic E-state index is 13.8. The Labute approximate surface area is 113 Å². The minimum absolute atomic E-state index is 0.000261. The molecule has 110 valence electrons. The Morgan fingerprint density at radius 2 is 2.05 bits per heavy atom. The van der Waals surface area contributed by atoms with Crippen molar-refractivity contribution in [3.63, 3.8) is 0 Å². The first kappa shape index (κ1) is 14.8. The summed E-state index contributed by atoms with van der Waals surface area (Å²) in [5.41, 5.74) is -0.569. The third-order valence-corrected chi connectivity index (χ3v) is 2.91. The lowest BCUT2D eigenvalue weighted by Gasteiger charge is -2.21. The maximum Gasteiger partial charge on any atom is 0.316 e. The molecule has 1 fully saturated rings. The summed E-state index contributed by atoms with van der Waals surface area (Å²) in [6.07, 6.45) is -0.872. The minimum Gasteiger partial charge on any atom is -0.465 e. The van der Waals surface area contributed by atoms with E-state index in [1.807, 2.05) is 0 Å². The van der Waals surface area contributed by atoms with Gasteiger partial charge in [-0.25, -0.2) is 13.2 Å². The van der Waals surface area contributed by atoms with E-state index in [1.165, 1.54) is 0 Å². The lowest BCUT2D eigenvalue weighted by Crippen LogP contribution is -2.31. The monoisotopic (exact) mass is 290 g/mol. The number of benzene rings is 1. The van der Waals surface area contributed by atoms with Gasteiger partial charge >= 0.3 is 5.97 Å². The minimum atomic E-state index is -1.34. The average molecular weight is 290 g/mol. The van der Waals surface area contributed by atoms with Crippen LogP contribution in [0, 0.1) is 17.5 Å². The highest BCUT2D eigenvalue weighted by atomic mass is 19.1. The lowest BCUT2D eigenvalue weighted by atomic mass is 9.92. The molecule has 1 aromatic carbocycles. The normalized spacial score (nSPS) is 19.9. The fourth-order valence-electron chi connectivity index (χ4n) is 2.08. The molecule has 1 aliphatic rings. The number of ether oxygens (including phenoxy) is 3. The molecule has 7 heteroatoms. The molecule has 2 unspecified atom stereocenters. The highest BCUT2D eigenvalue weighted by molar-refractivity contribution is 5.79. The van der Waals surface area contributed by atoms with Crippen LogP contribution in [0.25, 0.3) is 0 Å². The van der Waals surface area contributed by atoms with Crippen LogP contribution >= 0.6 is 0 Å². The molecule has 1 aliphatic heterocycles. The molecule has 0 aliphatic carbocycles. The van der Waals surface area contributed by atoms with E-state index in [9.17, 15) is 18.0 Å². The Morgan fingerprint density at radius 1 is 1.40 bits per heavy atom. The Bertz CT molecular complexity index is 477. The summed E-state index contributed by atoms with van der Waals surface area (Å²) in [5.74, 6) is -5.55. The SMILES string of the molecule is CCOC(=O)C(c1c(F)cc(F)cc1F)C1COCO1. The van der Waals surface area contributed by atoms with E-state index in [1.54, 1.807) is 6.92 Å². The third-order valence-electron chi connectivity index (χ3n) is 2.91. The Hall–Kier alpha value is -1.60. The topological polar surface area (TPSA) is 44.8 Å². The van der Waals surface area contributed by atoms with E-state index in [0.29, 0.717) is 12.1 Å². The van der Waals surface area contributed by atoms with Crippen molar-refractivity contribution in [2.24, 2.45) is 0 Å². The standard InChI is InChI=1S/C13H13F3O4/c1-2-19-13(17)12(10-5-18-6-20-10)11-8(15)3-7(14)4-9(11)16/h3-4,10,12H,2,5-6H2,1H3.